The SMILES string of the molecule is CCOc1ccccc1C(=O)N1CCCC[C@H]1CCN1CCCC1. The van der Waals surface area contributed by atoms with Gasteiger partial charge in [0.15, 0.2) is 0 Å². The summed E-state index contributed by atoms with van der Waals surface area (Å²) in [7, 11) is 0. The molecule has 4 heteroatoms. The molecule has 2 aliphatic rings. The summed E-state index contributed by atoms with van der Waals surface area (Å²) < 4.78 is 5.67. The van der Waals surface area contributed by atoms with Gasteiger partial charge in [-0.15, -0.1) is 0 Å². The Hall–Kier alpha value is -1.55. The van der Waals surface area contributed by atoms with E-state index in [-0.39, 0.29) is 5.91 Å². The Morgan fingerprint density at radius 2 is 1.88 bits per heavy atom. The zero-order valence-corrected chi connectivity index (χ0v) is 14.9. The summed E-state index contributed by atoms with van der Waals surface area (Å²) in [5.41, 5.74) is 0.715. The first-order valence-corrected chi connectivity index (χ1v) is 9.54. The summed E-state index contributed by atoms with van der Waals surface area (Å²) in [4.78, 5) is 17.8. The third-order valence-corrected chi connectivity index (χ3v) is 5.28. The fourth-order valence-corrected chi connectivity index (χ4v) is 3.99. The molecule has 1 aromatic rings. The van der Waals surface area contributed by atoms with Gasteiger partial charge in [-0.2, -0.15) is 0 Å². The highest BCUT2D eigenvalue weighted by Crippen LogP contribution is 2.26. The van der Waals surface area contributed by atoms with Gasteiger partial charge < -0.3 is 14.5 Å². The lowest BCUT2D eigenvalue weighted by atomic mass is 9.97. The zero-order valence-electron chi connectivity index (χ0n) is 14.9. The Balaban J connectivity index is 1.68. The van der Waals surface area contributed by atoms with Crippen molar-refractivity contribution in [2.45, 2.75) is 51.5 Å². The van der Waals surface area contributed by atoms with Crippen molar-refractivity contribution in [2.75, 3.05) is 32.8 Å². The maximum atomic E-state index is 13.1. The monoisotopic (exact) mass is 330 g/mol. The van der Waals surface area contributed by atoms with Crippen molar-refractivity contribution in [3.8, 4) is 5.75 Å². The molecule has 1 amide bonds. The van der Waals surface area contributed by atoms with E-state index < -0.39 is 0 Å². The van der Waals surface area contributed by atoms with E-state index in [1.807, 2.05) is 31.2 Å². The Morgan fingerprint density at radius 3 is 2.67 bits per heavy atom. The van der Waals surface area contributed by atoms with Gasteiger partial charge in [-0.3, -0.25) is 4.79 Å². The number of benzene rings is 1. The first kappa shape index (κ1) is 17.3. The van der Waals surface area contributed by atoms with Crippen LogP contribution < -0.4 is 4.74 Å². The van der Waals surface area contributed by atoms with Crippen LogP contribution in [-0.4, -0.2) is 54.5 Å². The topological polar surface area (TPSA) is 32.8 Å². The van der Waals surface area contributed by atoms with Crippen molar-refractivity contribution in [3.63, 3.8) is 0 Å². The molecule has 0 aromatic heterocycles. The maximum Gasteiger partial charge on any atom is 0.257 e. The molecule has 3 rings (SSSR count). The van der Waals surface area contributed by atoms with Crippen LogP contribution in [0.5, 0.6) is 5.75 Å². The van der Waals surface area contributed by atoms with Gasteiger partial charge in [0.05, 0.1) is 12.2 Å². The van der Waals surface area contributed by atoms with Crippen molar-refractivity contribution in [3.05, 3.63) is 29.8 Å². The molecule has 1 aromatic carbocycles. The van der Waals surface area contributed by atoms with E-state index in [0.29, 0.717) is 24.0 Å². The van der Waals surface area contributed by atoms with Gasteiger partial charge in [0.25, 0.3) is 5.91 Å². The minimum Gasteiger partial charge on any atom is -0.493 e. The Bertz CT molecular complexity index is 540. The van der Waals surface area contributed by atoms with Gasteiger partial charge in [0.2, 0.25) is 0 Å². The smallest absolute Gasteiger partial charge is 0.257 e. The quantitative estimate of drug-likeness (QED) is 0.799. The van der Waals surface area contributed by atoms with Crippen LogP contribution in [0.3, 0.4) is 0 Å². The van der Waals surface area contributed by atoms with Crippen LogP contribution in [-0.2, 0) is 0 Å². The average molecular weight is 330 g/mol. The number of para-hydroxylation sites is 1. The Labute approximate surface area is 145 Å². The fraction of sp³-hybridized carbons (Fsp3) is 0.650. The van der Waals surface area contributed by atoms with E-state index in [1.165, 1.54) is 32.4 Å². The van der Waals surface area contributed by atoms with Crippen LogP contribution in [0.1, 0.15) is 55.8 Å². The molecule has 2 aliphatic heterocycles. The number of hydrogen-bond donors (Lipinski definition) is 0. The first-order valence-electron chi connectivity index (χ1n) is 9.54. The van der Waals surface area contributed by atoms with Crippen LogP contribution >= 0.6 is 0 Å². The van der Waals surface area contributed by atoms with Crippen molar-refractivity contribution in [2.24, 2.45) is 0 Å². The lowest BCUT2D eigenvalue weighted by Gasteiger charge is -2.37. The number of carbonyl (C=O) groups excluding carboxylic acids is 1. The summed E-state index contributed by atoms with van der Waals surface area (Å²) in [6.07, 6.45) is 7.24. The highest BCUT2D eigenvalue weighted by Gasteiger charge is 2.29. The standard InChI is InChI=1S/C20H30N2O2/c1-2-24-19-11-4-3-10-18(19)20(23)22-15-6-5-9-17(22)12-16-21-13-7-8-14-21/h3-4,10-11,17H,2,5-9,12-16H2,1H3/t17-/m0/s1. The van der Waals surface area contributed by atoms with Crippen molar-refractivity contribution >= 4 is 5.91 Å². The van der Waals surface area contributed by atoms with E-state index in [1.54, 1.807) is 0 Å². The molecule has 0 radical (unpaired) electrons. The second-order valence-corrected chi connectivity index (χ2v) is 6.91. The van der Waals surface area contributed by atoms with E-state index in [2.05, 4.69) is 9.80 Å². The molecule has 0 saturated carbocycles. The van der Waals surface area contributed by atoms with Gasteiger partial charge in [0.1, 0.15) is 5.75 Å². The number of hydrogen-bond acceptors (Lipinski definition) is 3. The molecular weight excluding hydrogens is 300 g/mol. The van der Waals surface area contributed by atoms with E-state index in [9.17, 15) is 4.79 Å². The number of amides is 1. The van der Waals surface area contributed by atoms with Crippen molar-refractivity contribution in [1.29, 1.82) is 0 Å². The molecule has 0 aliphatic carbocycles. The van der Waals surface area contributed by atoms with Gasteiger partial charge in [-0.05, 0) is 70.7 Å². The number of rotatable bonds is 6. The minimum absolute atomic E-state index is 0.144. The third-order valence-electron chi connectivity index (χ3n) is 5.28. The number of nitrogens with zero attached hydrogens (tertiary/aromatic N) is 2. The predicted molar refractivity (Wildman–Crippen MR) is 96.6 cm³/mol. The molecule has 0 unspecified atom stereocenters. The third kappa shape index (κ3) is 4.10. The second-order valence-electron chi connectivity index (χ2n) is 6.91. The highest BCUT2D eigenvalue weighted by atomic mass is 16.5. The number of carbonyl (C=O) groups is 1. The second kappa shape index (κ2) is 8.52. The lowest BCUT2D eigenvalue weighted by Crippen LogP contribution is -2.45. The molecule has 0 spiro atoms. The normalized spacial score (nSPS) is 21.9. The molecule has 0 bridgehead atoms. The van der Waals surface area contributed by atoms with Crippen LogP contribution in [0.15, 0.2) is 24.3 Å². The van der Waals surface area contributed by atoms with Gasteiger partial charge >= 0.3 is 0 Å². The summed E-state index contributed by atoms with van der Waals surface area (Å²) in [6.45, 7) is 7.01. The van der Waals surface area contributed by atoms with E-state index >= 15 is 0 Å². The van der Waals surface area contributed by atoms with Crippen molar-refractivity contribution < 1.29 is 9.53 Å². The highest BCUT2D eigenvalue weighted by molar-refractivity contribution is 5.97. The molecule has 24 heavy (non-hydrogen) atoms. The number of likely N-dealkylation sites (tertiary alicyclic amines) is 2. The Morgan fingerprint density at radius 1 is 1.12 bits per heavy atom. The van der Waals surface area contributed by atoms with Gasteiger partial charge in [-0.1, -0.05) is 12.1 Å². The summed E-state index contributed by atoms with van der Waals surface area (Å²) >= 11 is 0. The van der Waals surface area contributed by atoms with E-state index in [0.717, 1.165) is 32.4 Å². The molecule has 0 N–H and O–H groups in total. The molecule has 2 heterocycles. The number of ether oxygens (including phenoxy) is 1. The molecule has 1 atom stereocenters. The first-order chi connectivity index (χ1) is 11.8. The largest absolute Gasteiger partial charge is 0.493 e. The lowest BCUT2D eigenvalue weighted by molar-refractivity contribution is 0.0584. The van der Waals surface area contributed by atoms with Crippen LogP contribution in [0.25, 0.3) is 0 Å². The van der Waals surface area contributed by atoms with E-state index in [4.69, 9.17) is 4.74 Å². The summed E-state index contributed by atoms with van der Waals surface area (Å²) in [6, 6.07) is 8.04. The average Bonchev–Trinajstić information content (AvgIpc) is 3.14. The van der Waals surface area contributed by atoms with Crippen LogP contribution in [0.2, 0.25) is 0 Å². The fourth-order valence-electron chi connectivity index (χ4n) is 3.99. The Kier molecular flexibility index (Phi) is 6.13. The zero-order chi connectivity index (χ0) is 16.8. The predicted octanol–water partition coefficient (Wildman–Crippen LogP) is 3.57. The molecule has 2 fully saturated rings. The summed E-state index contributed by atoms with van der Waals surface area (Å²) in [5.74, 6) is 0.860. The number of piperidine rings is 1. The minimum atomic E-state index is 0.144. The van der Waals surface area contributed by atoms with Gasteiger partial charge in [-0.25, -0.2) is 0 Å². The molecule has 132 valence electrons. The maximum absolute atomic E-state index is 13.1. The molecule has 4 nitrogen and oxygen atoms in total. The molecular formula is C20H30N2O2. The summed E-state index contributed by atoms with van der Waals surface area (Å²) in [5, 5.41) is 0. The van der Waals surface area contributed by atoms with Crippen LogP contribution in [0.4, 0.5) is 0 Å². The van der Waals surface area contributed by atoms with Crippen LogP contribution in [0, 0.1) is 0 Å². The van der Waals surface area contributed by atoms with Crippen molar-refractivity contribution in [1.82, 2.24) is 9.80 Å². The molecule has 2 saturated heterocycles. The van der Waals surface area contributed by atoms with Gasteiger partial charge in [0, 0.05) is 19.1 Å².